The first-order valence-electron chi connectivity index (χ1n) is 14.0. The van der Waals surface area contributed by atoms with Crippen LogP contribution in [0.2, 0.25) is 0 Å². The second-order valence-corrected chi connectivity index (χ2v) is 10.6. The van der Waals surface area contributed by atoms with Gasteiger partial charge in [0, 0.05) is 62.1 Å². The molecular weight excluding hydrogens is 527 g/mol. The van der Waals surface area contributed by atoms with E-state index in [-0.39, 0.29) is 24.6 Å². The molecule has 1 N–H and O–H groups in total. The molecule has 5 rings (SSSR count). The first-order chi connectivity index (χ1) is 20.4. The van der Waals surface area contributed by atoms with Crippen molar-refractivity contribution in [2.75, 3.05) is 32.1 Å². The van der Waals surface area contributed by atoms with Gasteiger partial charge in [-0.25, -0.2) is 4.39 Å². The van der Waals surface area contributed by atoms with Crippen molar-refractivity contribution in [3.05, 3.63) is 137 Å². The maximum atomic E-state index is 14.0. The van der Waals surface area contributed by atoms with E-state index in [0.717, 1.165) is 33.3 Å². The van der Waals surface area contributed by atoms with Crippen molar-refractivity contribution < 1.29 is 14.0 Å². The van der Waals surface area contributed by atoms with Crippen molar-refractivity contribution in [3.8, 4) is 0 Å². The number of nitrogens with zero attached hydrogens (tertiary/aromatic N) is 3. The lowest BCUT2D eigenvalue weighted by Crippen LogP contribution is -2.43. The number of amides is 2. The topological polar surface area (TPSA) is 59.7 Å². The van der Waals surface area contributed by atoms with Gasteiger partial charge in [-0.05, 0) is 59.5 Å². The van der Waals surface area contributed by atoms with E-state index in [4.69, 9.17) is 0 Å². The van der Waals surface area contributed by atoms with Crippen LogP contribution in [0.3, 0.4) is 0 Å². The average molecular weight is 563 g/mol. The molecule has 0 saturated carbocycles. The van der Waals surface area contributed by atoms with Gasteiger partial charge in [0.2, 0.25) is 5.91 Å². The Morgan fingerprint density at radius 3 is 2.19 bits per heavy atom. The van der Waals surface area contributed by atoms with E-state index in [1.54, 1.807) is 6.07 Å². The largest absolute Gasteiger partial charge is 0.378 e. The summed E-state index contributed by atoms with van der Waals surface area (Å²) in [5.74, 6) is -1.06. The smallest absolute Gasteiger partial charge is 0.254 e. The number of para-hydroxylation sites is 1. The zero-order valence-electron chi connectivity index (χ0n) is 24.0. The first-order valence-corrected chi connectivity index (χ1v) is 14.0. The van der Waals surface area contributed by atoms with Crippen molar-refractivity contribution in [2.24, 2.45) is 0 Å². The first kappa shape index (κ1) is 28.6. The molecule has 0 fully saturated rings. The molecule has 0 radical (unpaired) electrons. The second kappa shape index (κ2) is 13.2. The van der Waals surface area contributed by atoms with Crippen LogP contribution < -0.4 is 4.90 Å². The third-order valence-electron chi connectivity index (χ3n) is 7.41. The molecule has 4 aromatic carbocycles. The normalized spacial score (nSPS) is 10.9. The minimum Gasteiger partial charge on any atom is -0.378 e. The van der Waals surface area contributed by atoms with E-state index in [2.05, 4.69) is 11.1 Å². The fourth-order valence-electron chi connectivity index (χ4n) is 5.08. The summed E-state index contributed by atoms with van der Waals surface area (Å²) in [6.45, 7) is 0.981. The number of H-pyrrole nitrogens is 1. The molecule has 6 nitrogen and oxygen atoms in total. The molecule has 1 aromatic heterocycles. The molecule has 5 aromatic rings. The van der Waals surface area contributed by atoms with Gasteiger partial charge in [-0.2, -0.15) is 0 Å². The third kappa shape index (κ3) is 7.04. The summed E-state index contributed by atoms with van der Waals surface area (Å²) >= 11 is 0. The van der Waals surface area contributed by atoms with Crippen LogP contribution in [0.5, 0.6) is 0 Å². The summed E-state index contributed by atoms with van der Waals surface area (Å²) in [6, 6.07) is 31.4. The Morgan fingerprint density at radius 1 is 0.762 bits per heavy atom. The van der Waals surface area contributed by atoms with Crippen LogP contribution in [0, 0.1) is 5.82 Å². The fraction of sp³-hybridized carbons (Fsp3) is 0.200. The molecule has 0 aliphatic heterocycles. The van der Waals surface area contributed by atoms with E-state index in [9.17, 15) is 14.0 Å². The quantitative estimate of drug-likeness (QED) is 0.206. The van der Waals surface area contributed by atoms with Gasteiger partial charge in [-0.3, -0.25) is 9.59 Å². The van der Waals surface area contributed by atoms with Crippen molar-refractivity contribution in [1.82, 2.24) is 14.8 Å². The minimum absolute atomic E-state index is 0.131. The summed E-state index contributed by atoms with van der Waals surface area (Å²) in [5, 5.41) is 1.13. The molecule has 214 valence electrons. The summed E-state index contributed by atoms with van der Waals surface area (Å²) in [6.07, 6.45) is 2.65. The Hall–Kier alpha value is -4.91. The van der Waals surface area contributed by atoms with Gasteiger partial charge >= 0.3 is 0 Å². The number of rotatable bonds is 11. The van der Waals surface area contributed by atoms with E-state index in [1.165, 1.54) is 23.1 Å². The lowest BCUT2D eigenvalue weighted by Gasteiger charge is -2.28. The predicted octanol–water partition coefficient (Wildman–Crippen LogP) is 6.29. The molecule has 0 atom stereocenters. The maximum Gasteiger partial charge on any atom is 0.254 e. The second-order valence-electron chi connectivity index (χ2n) is 10.6. The SMILES string of the molecule is CN(C)c1ccc(CN(CCc2c[nH]c3ccccc23)C(=O)CN(Cc2ccccc2)C(=O)c2cccc(F)c2)cc1. The van der Waals surface area contributed by atoms with Crippen LogP contribution in [0.1, 0.15) is 27.0 Å². The third-order valence-corrected chi connectivity index (χ3v) is 7.41. The number of aromatic amines is 1. The number of aromatic nitrogens is 1. The van der Waals surface area contributed by atoms with Crippen molar-refractivity contribution in [2.45, 2.75) is 19.5 Å². The van der Waals surface area contributed by atoms with Gasteiger partial charge < -0.3 is 19.7 Å². The highest BCUT2D eigenvalue weighted by molar-refractivity contribution is 5.96. The number of hydrogen-bond acceptors (Lipinski definition) is 3. The Bertz CT molecular complexity index is 1650. The average Bonchev–Trinajstić information content (AvgIpc) is 3.42. The minimum atomic E-state index is -0.492. The van der Waals surface area contributed by atoms with Crippen LogP contribution in [0.25, 0.3) is 10.9 Å². The van der Waals surface area contributed by atoms with Gasteiger partial charge in [0.05, 0.1) is 0 Å². The highest BCUT2D eigenvalue weighted by Gasteiger charge is 2.24. The Morgan fingerprint density at radius 2 is 1.45 bits per heavy atom. The number of nitrogens with one attached hydrogen (secondary N) is 1. The monoisotopic (exact) mass is 562 g/mol. The summed E-state index contributed by atoms with van der Waals surface area (Å²) in [5.41, 5.74) is 5.36. The number of carbonyl (C=O) groups excluding carboxylic acids is 2. The van der Waals surface area contributed by atoms with Crippen molar-refractivity contribution in [1.29, 1.82) is 0 Å². The molecule has 42 heavy (non-hydrogen) atoms. The van der Waals surface area contributed by atoms with Crippen LogP contribution in [0.4, 0.5) is 10.1 Å². The van der Waals surface area contributed by atoms with E-state index in [0.29, 0.717) is 19.5 Å². The molecule has 0 unspecified atom stereocenters. The van der Waals surface area contributed by atoms with Gasteiger partial charge in [0.1, 0.15) is 12.4 Å². The molecule has 1 heterocycles. The Labute approximate surface area is 246 Å². The number of hydrogen-bond donors (Lipinski definition) is 1. The van der Waals surface area contributed by atoms with E-state index >= 15 is 0 Å². The van der Waals surface area contributed by atoms with Crippen LogP contribution >= 0.6 is 0 Å². The lowest BCUT2D eigenvalue weighted by molar-refractivity contribution is -0.132. The van der Waals surface area contributed by atoms with Crippen LogP contribution in [-0.4, -0.2) is 53.8 Å². The Kier molecular flexibility index (Phi) is 8.97. The standard InChI is InChI=1S/C35H35FN4O2/c1-38(2)31-17-15-27(16-18-31)23-39(20-19-29-22-37-33-14-7-6-13-32(29)33)34(41)25-40(24-26-9-4-3-5-10-26)35(42)28-11-8-12-30(36)21-28/h3-18,21-22,37H,19-20,23-25H2,1-2H3. The van der Waals surface area contributed by atoms with E-state index in [1.807, 2.05) is 103 Å². The Balaban J connectivity index is 1.40. The maximum absolute atomic E-state index is 14.0. The van der Waals surface area contributed by atoms with Gasteiger partial charge in [0.15, 0.2) is 0 Å². The van der Waals surface area contributed by atoms with Gasteiger partial charge in [-0.1, -0.05) is 66.7 Å². The van der Waals surface area contributed by atoms with Crippen LogP contribution in [0.15, 0.2) is 109 Å². The van der Waals surface area contributed by atoms with Crippen molar-refractivity contribution in [3.63, 3.8) is 0 Å². The highest BCUT2D eigenvalue weighted by atomic mass is 19.1. The number of benzene rings is 4. The number of anilines is 1. The zero-order chi connectivity index (χ0) is 29.5. The van der Waals surface area contributed by atoms with Gasteiger partial charge in [0.25, 0.3) is 5.91 Å². The summed E-state index contributed by atoms with van der Waals surface area (Å²) < 4.78 is 14.0. The molecule has 0 saturated heterocycles. The molecular formula is C35H35FN4O2. The lowest BCUT2D eigenvalue weighted by atomic mass is 10.1. The predicted molar refractivity (Wildman–Crippen MR) is 166 cm³/mol. The summed E-state index contributed by atoms with van der Waals surface area (Å²) in [7, 11) is 3.98. The fourth-order valence-corrected chi connectivity index (χ4v) is 5.08. The van der Waals surface area contributed by atoms with E-state index < -0.39 is 11.7 Å². The van der Waals surface area contributed by atoms with Crippen molar-refractivity contribution >= 4 is 28.4 Å². The highest BCUT2D eigenvalue weighted by Crippen LogP contribution is 2.20. The van der Waals surface area contributed by atoms with Gasteiger partial charge in [-0.15, -0.1) is 0 Å². The zero-order valence-corrected chi connectivity index (χ0v) is 24.0. The number of carbonyl (C=O) groups is 2. The molecule has 2 amide bonds. The molecule has 0 aliphatic carbocycles. The molecule has 0 bridgehead atoms. The number of fused-ring (bicyclic) bond motifs is 1. The summed E-state index contributed by atoms with van der Waals surface area (Å²) in [4.78, 5) is 36.2. The number of halogens is 1. The molecule has 0 aliphatic rings. The van der Waals surface area contributed by atoms with Crippen LogP contribution in [-0.2, 0) is 24.3 Å². The molecule has 7 heteroatoms. The molecule has 0 spiro atoms.